The highest BCUT2D eigenvalue weighted by molar-refractivity contribution is 7.17. The number of hydrogen-bond donors (Lipinski definition) is 1. The van der Waals surface area contributed by atoms with Crippen molar-refractivity contribution in [1.29, 1.82) is 5.26 Å². The molecule has 0 aliphatic heterocycles. The monoisotopic (exact) mass is 373 g/mol. The Balaban J connectivity index is 1.83. The van der Waals surface area contributed by atoms with Crippen molar-refractivity contribution >= 4 is 38.7 Å². The van der Waals surface area contributed by atoms with Gasteiger partial charge < -0.3 is 5.32 Å². The number of hydrogen-bond acceptors (Lipinski definition) is 7. The second-order valence-corrected chi connectivity index (χ2v) is 6.50. The van der Waals surface area contributed by atoms with E-state index in [0.29, 0.717) is 11.5 Å². The lowest BCUT2D eigenvalue weighted by Gasteiger charge is -2.10. The van der Waals surface area contributed by atoms with Crippen LogP contribution in [0.2, 0.25) is 0 Å². The van der Waals surface area contributed by atoms with E-state index >= 15 is 0 Å². The minimum atomic E-state index is -0.528. The molecule has 0 fully saturated rings. The van der Waals surface area contributed by atoms with Crippen molar-refractivity contribution in [2.75, 3.05) is 5.32 Å². The average molecular weight is 373 g/mol. The molecule has 2 heterocycles. The molecule has 7 nitrogen and oxygen atoms in total. The molecule has 0 saturated carbocycles. The van der Waals surface area contributed by atoms with Crippen LogP contribution in [-0.2, 0) is 0 Å². The van der Waals surface area contributed by atoms with Crippen molar-refractivity contribution in [2.24, 2.45) is 0 Å². The van der Waals surface area contributed by atoms with Gasteiger partial charge in [-0.15, -0.1) is 11.3 Å². The number of nitrogens with zero attached hydrogens (tertiary/aromatic N) is 4. The van der Waals surface area contributed by atoms with E-state index in [1.54, 1.807) is 0 Å². The number of thiophene rings is 1. The Kier molecular flexibility index (Phi) is 4.20. The molecule has 0 bridgehead atoms. The fourth-order valence-corrected chi connectivity index (χ4v) is 3.69. The Labute approximate surface area is 157 Å². The second-order valence-electron chi connectivity index (χ2n) is 5.64. The van der Waals surface area contributed by atoms with E-state index in [2.05, 4.69) is 15.3 Å². The molecule has 2 aromatic heterocycles. The van der Waals surface area contributed by atoms with Gasteiger partial charge in [0.1, 0.15) is 23.0 Å². The number of aromatic nitrogens is 2. The average Bonchev–Trinajstić information content (AvgIpc) is 3.14. The van der Waals surface area contributed by atoms with Crippen molar-refractivity contribution in [3.63, 3.8) is 0 Å². The first-order valence-corrected chi connectivity index (χ1v) is 8.78. The van der Waals surface area contributed by atoms with E-state index in [-0.39, 0.29) is 11.3 Å². The normalized spacial score (nSPS) is 10.5. The van der Waals surface area contributed by atoms with Gasteiger partial charge in [-0.2, -0.15) is 5.26 Å². The summed E-state index contributed by atoms with van der Waals surface area (Å²) in [6, 6.07) is 16.0. The molecule has 0 spiro atoms. The van der Waals surface area contributed by atoms with Crippen LogP contribution < -0.4 is 5.32 Å². The number of fused-ring (bicyclic) bond motifs is 1. The highest BCUT2D eigenvalue weighted by atomic mass is 32.1. The molecule has 0 aliphatic carbocycles. The third-order valence-electron chi connectivity index (χ3n) is 4.04. The molecule has 2 aromatic carbocycles. The molecular weight excluding hydrogens is 362 g/mol. The van der Waals surface area contributed by atoms with Crippen LogP contribution in [0, 0.1) is 21.4 Å². The van der Waals surface area contributed by atoms with Gasteiger partial charge in [-0.1, -0.05) is 30.3 Å². The van der Waals surface area contributed by atoms with E-state index in [1.165, 1.54) is 35.9 Å². The molecule has 8 heteroatoms. The van der Waals surface area contributed by atoms with E-state index in [9.17, 15) is 15.4 Å². The summed E-state index contributed by atoms with van der Waals surface area (Å²) < 4.78 is 0. The van der Waals surface area contributed by atoms with Gasteiger partial charge in [-0.05, 0) is 11.6 Å². The van der Waals surface area contributed by atoms with Gasteiger partial charge in [0.05, 0.1) is 21.6 Å². The summed E-state index contributed by atoms with van der Waals surface area (Å²) in [5, 5.41) is 26.3. The summed E-state index contributed by atoms with van der Waals surface area (Å²) >= 11 is 1.50. The molecule has 0 unspecified atom stereocenters. The molecular formula is C19H11N5O2S. The molecule has 1 N–H and O–H groups in total. The Morgan fingerprint density at radius 3 is 2.70 bits per heavy atom. The number of nitriles is 1. The summed E-state index contributed by atoms with van der Waals surface area (Å²) in [6.07, 6.45) is 1.45. The van der Waals surface area contributed by atoms with Gasteiger partial charge >= 0.3 is 0 Å². The molecule has 0 radical (unpaired) electrons. The smallest absolute Gasteiger partial charge is 0.270 e. The van der Waals surface area contributed by atoms with E-state index in [1.807, 2.05) is 41.8 Å². The largest absolute Gasteiger partial charge is 0.338 e. The number of benzene rings is 2. The van der Waals surface area contributed by atoms with Crippen molar-refractivity contribution in [3.8, 4) is 17.2 Å². The molecule has 0 saturated heterocycles. The van der Waals surface area contributed by atoms with Gasteiger partial charge in [0.25, 0.3) is 5.69 Å². The maximum absolute atomic E-state index is 10.9. The lowest BCUT2D eigenvalue weighted by molar-refractivity contribution is -0.384. The van der Waals surface area contributed by atoms with Gasteiger partial charge in [-0.25, -0.2) is 9.97 Å². The van der Waals surface area contributed by atoms with Gasteiger partial charge in [0.15, 0.2) is 0 Å². The maximum Gasteiger partial charge on any atom is 0.270 e. The topological polar surface area (TPSA) is 105 Å². The van der Waals surface area contributed by atoms with Crippen molar-refractivity contribution in [1.82, 2.24) is 9.97 Å². The van der Waals surface area contributed by atoms with Crippen LogP contribution in [0.1, 0.15) is 5.56 Å². The standard InChI is InChI=1S/C19H11N5O2S/c20-9-13-8-14(24(25)26)6-7-16(13)23-18-17-15(12-4-2-1-3-5-12)10-27-19(17)22-11-21-18/h1-8,10-11H,(H,21,22,23). The highest BCUT2D eigenvalue weighted by Gasteiger charge is 2.16. The fraction of sp³-hybridized carbons (Fsp3) is 0. The lowest BCUT2D eigenvalue weighted by Crippen LogP contribution is -1.99. The minimum Gasteiger partial charge on any atom is -0.338 e. The Morgan fingerprint density at radius 2 is 1.96 bits per heavy atom. The predicted molar refractivity (Wildman–Crippen MR) is 104 cm³/mol. The fourth-order valence-electron chi connectivity index (χ4n) is 2.77. The first-order valence-electron chi connectivity index (χ1n) is 7.90. The number of nitro benzene ring substituents is 1. The van der Waals surface area contributed by atoms with Crippen molar-refractivity contribution in [2.45, 2.75) is 0 Å². The summed E-state index contributed by atoms with van der Waals surface area (Å²) in [5.74, 6) is 0.547. The first-order chi connectivity index (χ1) is 13.2. The molecule has 130 valence electrons. The van der Waals surface area contributed by atoms with E-state index in [4.69, 9.17) is 0 Å². The molecule has 27 heavy (non-hydrogen) atoms. The molecule has 0 amide bonds. The Morgan fingerprint density at radius 1 is 1.15 bits per heavy atom. The minimum absolute atomic E-state index is 0.134. The summed E-state index contributed by atoms with van der Waals surface area (Å²) in [6.45, 7) is 0. The van der Waals surface area contributed by atoms with Crippen molar-refractivity contribution in [3.05, 3.63) is 75.9 Å². The molecule has 4 aromatic rings. The van der Waals surface area contributed by atoms with Crippen LogP contribution in [0.15, 0.2) is 60.2 Å². The van der Waals surface area contributed by atoms with Crippen LogP contribution >= 0.6 is 11.3 Å². The number of anilines is 2. The predicted octanol–water partition coefficient (Wildman–Crippen LogP) is 4.88. The van der Waals surface area contributed by atoms with Crippen LogP contribution in [0.4, 0.5) is 17.2 Å². The third-order valence-corrected chi connectivity index (χ3v) is 4.93. The summed E-state index contributed by atoms with van der Waals surface area (Å²) in [7, 11) is 0. The first kappa shape index (κ1) is 16.6. The second kappa shape index (κ2) is 6.82. The number of non-ortho nitro benzene ring substituents is 1. The van der Waals surface area contributed by atoms with Crippen LogP contribution in [-0.4, -0.2) is 14.9 Å². The van der Waals surface area contributed by atoms with E-state index in [0.717, 1.165) is 21.3 Å². The van der Waals surface area contributed by atoms with Crippen LogP contribution in [0.25, 0.3) is 21.3 Å². The van der Waals surface area contributed by atoms with Crippen molar-refractivity contribution < 1.29 is 4.92 Å². The highest BCUT2D eigenvalue weighted by Crippen LogP contribution is 2.37. The third kappa shape index (κ3) is 3.07. The summed E-state index contributed by atoms with van der Waals surface area (Å²) in [4.78, 5) is 19.9. The number of nitrogens with one attached hydrogen (secondary N) is 1. The van der Waals surface area contributed by atoms with E-state index < -0.39 is 4.92 Å². The zero-order valence-corrected chi connectivity index (χ0v) is 14.6. The zero-order chi connectivity index (χ0) is 18.8. The quantitative estimate of drug-likeness (QED) is 0.404. The molecule has 4 rings (SSSR count). The Bertz CT molecular complexity index is 1200. The lowest BCUT2D eigenvalue weighted by atomic mass is 10.1. The SMILES string of the molecule is N#Cc1cc([N+](=O)[O-])ccc1Nc1ncnc2scc(-c3ccccc3)c12. The number of rotatable bonds is 4. The maximum atomic E-state index is 10.9. The zero-order valence-electron chi connectivity index (χ0n) is 13.8. The van der Waals surface area contributed by atoms with Gasteiger partial charge in [0.2, 0.25) is 0 Å². The van der Waals surface area contributed by atoms with Gasteiger partial charge in [0, 0.05) is 23.1 Å². The van der Waals surface area contributed by atoms with Gasteiger partial charge in [-0.3, -0.25) is 10.1 Å². The molecule has 0 atom stereocenters. The van der Waals surface area contributed by atoms with Crippen LogP contribution in [0.5, 0.6) is 0 Å². The van der Waals surface area contributed by atoms with Crippen LogP contribution in [0.3, 0.4) is 0 Å². The Hall–Kier alpha value is -3.83. The number of nitro groups is 1. The molecule has 0 aliphatic rings. The summed E-state index contributed by atoms with van der Waals surface area (Å²) in [5.41, 5.74) is 2.51.